The normalized spacial score (nSPS) is 12.5. The maximum absolute atomic E-state index is 2.41. The molecule has 0 unspecified atom stereocenters. The van der Waals surface area contributed by atoms with Crippen LogP contribution in [0.4, 0.5) is 0 Å². The molecular formula is C13H28. The first-order chi connectivity index (χ1) is 6.05. The Morgan fingerprint density at radius 2 is 1.38 bits per heavy atom. The lowest BCUT2D eigenvalue weighted by atomic mass is 9.78. The first kappa shape index (κ1) is 13.0. The van der Waals surface area contributed by atoms with Gasteiger partial charge in [-0.3, -0.25) is 0 Å². The molecule has 0 saturated heterocycles. The summed E-state index contributed by atoms with van der Waals surface area (Å²) in [4.78, 5) is 0. The molecule has 0 amide bonds. The smallest absolute Gasteiger partial charge is 0.0354 e. The predicted molar refractivity (Wildman–Crippen MR) is 62.0 cm³/mol. The minimum Gasteiger partial charge on any atom is -0.0654 e. The van der Waals surface area contributed by atoms with Crippen LogP contribution in [0.3, 0.4) is 0 Å². The largest absolute Gasteiger partial charge is 0.0654 e. The van der Waals surface area contributed by atoms with Gasteiger partial charge in [0.1, 0.15) is 0 Å². The molecule has 0 aromatic rings. The third-order valence-electron chi connectivity index (χ3n) is 3.19. The van der Waals surface area contributed by atoms with Gasteiger partial charge in [-0.1, -0.05) is 66.7 Å². The van der Waals surface area contributed by atoms with E-state index in [9.17, 15) is 0 Å². The van der Waals surface area contributed by atoms with E-state index in [1.54, 1.807) is 0 Å². The Morgan fingerprint density at radius 1 is 0.923 bits per heavy atom. The van der Waals surface area contributed by atoms with Crippen molar-refractivity contribution in [2.24, 2.45) is 11.3 Å². The lowest BCUT2D eigenvalue weighted by Gasteiger charge is -2.28. The maximum atomic E-state index is 2.41. The maximum Gasteiger partial charge on any atom is -0.0354 e. The van der Waals surface area contributed by atoms with Gasteiger partial charge in [-0.15, -0.1) is 0 Å². The van der Waals surface area contributed by atoms with Crippen LogP contribution in [0.2, 0.25) is 0 Å². The molecule has 0 aliphatic heterocycles. The molecule has 0 saturated carbocycles. The van der Waals surface area contributed by atoms with Crippen LogP contribution in [-0.2, 0) is 0 Å². The summed E-state index contributed by atoms with van der Waals surface area (Å²) in [5, 5.41) is 0. The molecular weight excluding hydrogens is 156 g/mol. The number of rotatable bonds is 7. The van der Waals surface area contributed by atoms with E-state index < -0.39 is 0 Å². The lowest BCUT2D eigenvalue weighted by molar-refractivity contribution is 0.237. The average molecular weight is 184 g/mol. The minimum atomic E-state index is 0.564. The van der Waals surface area contributed by atoms with Gasteiger partial charge in [0.05, 0.1) is 0 Å². The summed E-state index contributed by atoms with van der Waals surface area (Å²) < 4.78 is 0. The zero-order valence-electron chi connectivity index (χ0n) is 10.3. The highest BCUT2D eigenvalue weighted by Gasteiger charge is 2.20. The third-order valence-corrected chi connectivity index (χ3v) is 3.19. The first-order valence-corrected chi connectivity index (χ1v) is 6.05. The molecule has 0 rings (SSSR count). The molecule has 0 heteroatoms. The van der Waals surface area contributed by atoms with Gasteiger partial charge in [0.25, 0.3) is 0 Å². The van der Waals surface area contributed by atoms with Gasteiger partial charge in [-0.25, -0.2) is 0 Å². The van der Waals surface area contributed by atoms with E-state index in [4.69, 9.17) is 0 Å². The fourth-order valence-corrected chi connectivity index (χ4v) is 2.09. The SMILES string of the molecule is CCCC(CCC)CC(C)(C)CC. The Kier molecular flexibility index (Phi) is 6.45. The number of hydrogen-bond donors (Lipinski definition) is 0. The quantitative estimate of drug-likeness (QED) is 0.520. The molecule has 0 fully saturated rings. The summed E-state index contributed by atoms with van der Waals surface area (Å²) >= 11 is 0. The van der Waals surface area contributed by atoms with E-state index in [0.29, 0.717) is 5.41 Å². The van der Waals surface area contributed by atoms with Crippen LogP contribution in [0, 0.1) is 11.3 Å². The van der Waals surface area contributed by atoms with Crippen molar-refractivity contribution < 1.29 is 0 Å². The zero-order valence-corrected chi connectivity index (χ0v) is 10.3. The third kappa shape index (κ3) is 6.12. The summed E-state index contributed by atoms with van der Waals surface area (Å²) in [5.74, 6) is 0.977. The van der Waals surface area contributed by atoms with E-state index in [0.717, 1.165) is 5.92 Å². The second kappa shape index (κ2) is 6.45. The Hall–Kier alpha value is 0. The van der Waals surface area contributed by atoms with E-state index >= 15 is 0 Å². The van der Waals surface area contributed by atoms with Crippen LogP contribution in [0.25, 0.3) is 0 Å². The van der Waals surface area contributed by atoms with Gasteiger partial charge in [0.15, 0.2) is 0 Å². The van der Waals surface area contributed by atoms with Crippen molar-refractivity contribution in [1.29, 1.82) is 0 Å². The zero-order chi connectivity index (χ0) is 10.3. The Bertz CT molecular complexity index is 107. The minimum absolute atomic E-state index is 0.564. The molecule has 0 N–H and O–H groups in total. The van der Waals surface area contributed by atoms with Gasteiger partial charge in [0.2, 0.25) is 0 Å². The van der Waals surface area contributed by atoms with Crippen molar-refractivity contribution in [1.82, 2.24) is 0 Å². The molecule has 0 aromatic heterocycles. The summed E-state index contributed by atoms with van der Waals surface area (Å²) in [7, 11) is 0. The van der Waals surface area contributed by atoms with Crippen molar-refractivity contribution in [3.8, 4) is 0 Å². The number of hydrogen-bond acceptors (Lipinski definition) is 0. The highest BCUT2D eigenvalue weighted by Crippen LogP contribution is 2.32. The van der Waals surface area contributed by atoms with Crippen molar-refractivity contribution in [2.75, 3.05) is 0 Å². The van der Waals surface area contributed by atoms with Crippen LogP contribution in [-0.4, -0.2) is 0 Å². The van der Waals surface area contributed by atoms with Gasteiger partial charge in [-0.05, 0) is 17.8 Å². The summed E-state index contributed by atoms with van der Waals surface area (Å²) in [6.07, 6.45) is 8.30. The van der Waals surface area contributed by atoms with Crippen molar-refractivity contribution in [2.45, 2.75) is 73.1 Å². The van der Waals surface area contributed by atoms with E-state index in [1.165, 1.54) is 38.5 Å². The average Bonchev–Trinajstić information content (AvgIpc) is 2.05. The fourth-order valence-electron chi connectivity index (χ4n) is 2.09. The second-order valence-corrected chi connectivity index (χ2v) is 5.17. The lowest BCUT2D eigenvalue weighted by Crippen LogP contribution is -2.16. The molecule has 0 radical (unpaired) electrons. The van der Waals surface area contributed by atoms with Crippen LogP contribution >= 0.6 is 0 Å². The van der Waals surface area contributed by atoms with Gasteiger partial charge in [-0.2, -0.15) is 0 Å². The predicted octanol–water partition coefficient (Wildman–Crippen LogP) is 5.03. The van der Waals surface area contributed by atoms with Crippen LogP contribution in [0.1, 0.15) is 73.1 Å². The van der Waals surface area contributed by atoms with E-state index in [-0.39, 0.29) is 0 Å². The Morgan fingerprint density at radius 3 is 1.69 bits per heavy atom. The van der Waals surface area contributed by atoms with Crippen molar-refractivity contribution in [3.63, 3.8) is 0 Å². The van der Waals surface area contributed by atoms with Gasteiger partial charge < -0.3 is 0 Å². The molecule has 80 valence electrons. The van der Waals surface area contributed by atoms with Gasteiger partial charge in [0, 0.05) is 0 Å². The standard InChI is InChI=1S/C13H28/c1-6-9-12(10-7-2)11-13(4,5)8-3/h12H,6-11H2,1-5H3. The van der Waals surface area contributed by atoms with Gasteiger partial charge >= 0.3 is 0 Å². The molecule has 0 aromatic carbocycles. The molecule has 0 spiro atoms. The molecule has 0 aliphatic carbocycles. The highest BCUT2D eigenvalue weighted by atomic mass is 14.3. The topological polar surface area (TPSA) is 0 Å². The highest BCUT2D eigenvalue weighted by molar-refractivity contribution is 4.71. The van der Waals surface area contributed by atoms with Crippen LogP contribution in [0.5, 0.6) is 0 Å². The molecule has 0 aliphatic rings. The Balaban J connectivity index is 3.92. The summed E-state index contributed by atoms with van der Waals surface area (Å²) in [5.41, 5.74) is 0.564. The second-order valence-electron chi connectivity index (χ2n) is 5.17. The van der Waals surface area contributed by atoms with Crippen LogP contribution in [0.15, 0.2) is 0 Å². The van der Waals surface area contributed by atoms with E-state index in [1.807, 2.05) is 0 Å². The molecule has 13 heavy (non-hydrogen) atoms. The molecule has 0 heterocycles. The molecule has 0 atom stereocenters. The van der Waals surface area contributed by atoms with E-state index in [2.05, 4.69) is 34.6 Å². The molecule has 0 bridgehead atoms. The fraction of sp³-hybridized carbons (Fsp3) is 1.00. The monoisotopic (exact) mass is 184 g/mol. The molecule has 0 nitrogen and oxygen atoms in total. The first-order valence-electron chi connectivity index (χ1n) is 6.05. The van der Waals surface area contributed by atoms with Crippen molar-refractivity contribution in [3.05, 3.63) is 0 Å². The Labute approximate surface area is 85.1 Å². The van der Waals surface area contributed by atoms with Crippen molar-refractivity contribution >= 4 is 0 Å². The summed E-state index contributed by atoms with van der Waals surface area (Å²) in [6.45, 7) is 11.7. The van der Waals surface area contributed by atoms with Crippen LogP contribution < -0.4 is 0 Å². The summed E-state index contributed by atoms with van der Waals surface area (Å²) in [6, 6.07) is 0.